The first kappa shape index (κ1) is 28.3. The van der Waals surface area contributed by atoms with Gasteiger partial charge in [-0.3, -0.25) is 14.6 Å². The minimum Gasteiger partial charge on any atom is -0.490 e. The number of alkyl halides is 2. The van der Waals surface area contributed by atoms with Crippen LogP contribution in [-0.4, -0.2) is 41.2 Å². The number of primary amides is 1. The lowest BCUT2D eigenvalue weighted by molar-refractivity contribution is -0.286. The molecular weight excluding hydrogens is 565 g/mol. The van der Waals surface area contributed by atoms with Crippen LogP contribution in [0.5, 0.6) is 17.2 Å². The number of amides is 2. The first-order valence-electron chi connectivity index (χ1n) is 13.7. The molecule has 4 aromatic rings. The highest BCUT2D eigenvalue weighted by Crippen LogP contribution is 2.47. The van der Waals surface area contributed by atoms with Crippen molar-refractivity contribution in [3.63, 3.8) is 0 Å². The monoisotopic (exact) mass is 592 g/mol. The molecule has 222 valence electrons. The molecular formula is C31H27F3N4O5. The molecule has 6 rings (SSSR count). The number of aryl methyl sites for hydroxylation is 1. The van der Waals surface area contributed by atoms with E-state index in [1.165, 1.54) is 12.1 Å². The summed E-state index contributed by atoms with van der Waals surface area (Å²) in [5, 5.41) is 3.40. The van der Waals surface area contributed by atoms with Crippen LogP contribution in [0.2, 0.25) is 0 Å². The van der Waals surface area contributed by atoms with Crippen molar-refractivity contribution in [2.75, 3.05) is 13.2 Å². The number of halogens is 3. The lowest BCUT2D eigenvalue weighted by Crippen LogP contribution is -2.29. The summed E-state index contributed by atoms with van der Waals surface area (Å²) < 4.78 is 57.0. The fourth-order valence-corrected chi connectivity index (χ4v) is 5.44. The largest absolute Gasteiger partial charge is 0.586 e. The van der Waals surface area contributed by atoms with Crippen molar-refractivity contribution >= 4 is 22.7 Å². The van der Waals surface area contributed by atoms with Gasteiger partial charge in [-0.25, -0.2) is 9.37 Å². The number of nitrogens with one attached hydrogen (secondary N) is 1. The van der Waals surface area contributed by atoms with Crippen LogP contribution in [0.15, 0.2) is 48.7 Å². The Labute approximate surface area is 244 Å². The van der Waals surface area contributed by atoms with Crippen LogP contribution < -0.4 is 25.3 Å². The normalized spacial score (nSPS) is 16.9. The van der Waals surface area contributed by atoms with Gasteiger partial charge in [-0.2, -0.15) is 0 Å². The number of ether oxygens (including phenoxy) is 3. The molecule has 0 aliphatic carbocycles. The van der Waals surface area contributed by atoms with Gasteiger partial charge in [-0.05, 0) is 61.4 Å². The van der Waals surface area contributed by atoms with E-state index in [9.17, 15) is 22.8 Å². The van der Waals surface area contributed by atoms with E-state index in [0.29, 0.717) is 40.1 Å². The van der Waals surface area contributed by atoms with Gasteiger partial charge in [0.25, 0.3) is 5.91 Å². The highest BCUT2D eigenvalue weighted by molar-refractivity contribution is 5.98. The van der Waals surface area contributed by atoms with Crippen LogP contribution in [0.25, 0.3) is 22.2 Å². The number of hydrogen-bond donors (Lipinski definition) is 2. The summed E-state index contributed by atoms with van der Waals surface area (Å²) in [5.41, 5.74) is 8.59. The molecule has 2 atom stereocenters. The molecule has 0 fully saturated rings. The number of nitrogens with two attached hydrogens (primary N) is 1. The molecule has 2 amide bonds. The van der Waals surface area contributed by atoms with Gasteiger partial charge in [0.2, 0.25) is 5.91 Å². The average Bonchev–Trinajstić information content (AvgIpc) is 3.53. The van der Waals surface area contributed by atoms with Gasteiger partial charge in [0.05, 0.1) is 0 Å². The summed E-state index contributed by atoms with van der Waals surface area (Å²) in [6.45, 7) is 3.96. The summed E-state index contributed by atoms with van der Waals surface area (Å²) >= 11 is 0. The van der Waals surface area contributed by atoms with Crippen LogP contribution in [0.4, 0.5) is 13.2 Å². The number of rotatable bonds is 8. The summed E-state index contributed by atoms with van der Waals surface area (Å²) in [5.74, 6) is -2.71. The number of nitrogens with zero attached hydrogens (tertiary/aromatic N) is 2. The molecule has 4 heterocycles. The first-order chi connectivity index (χ1) is 20.5. The van der Waals surface area contributed by atoms with Gasteiger partial charge in [0, 0.05) is 46.4 Å². The third-order valence-electron chi connectivity index (χ3n) is 7.51. The lowest BCUT2D eigenvalue weighted by atomic mass is 9.92. The van der Waals surface area contributed by atoms with Gasteiger partial charge < -0.3 is 25.3 Å². The second kappa shape index (κ2) is 10.8. The topological polar surface area (TPSA) is 126 Å². The molecule has 0 radical (unpaired) electrons. The number of fused-ring (bicyclic) bond motifs is 3. The second-order valence-corrected chi connectivity index (χ2v) is 10.6. The van der Waals surface area contributed by atoms with Gasteiger partial charge in [0.1, 0.15) is 35.3 Å². The van der Waals surface area contributed by atoms with Crippen LogP contribution in [0, 0.1) is 12.7 Å². The summed E-state index contributed by atoms with van der Waals surface area (Å²) in [7, 11) is 0. The fraction of sp³-hybridized carbons (Fsp3) is 0.290. The lowest BCUT2D eigenvalue weighted by Gasteiger charge is -2.20. The van der Waals surface area contributed by atoms with Crippen LogP contribution >= 0.6 is 0 Å². The number of carbonyl (C=O) groups is 2. The van der Waals surface area contributed by atoms with Gasteiger partial charge in [0.15, 0.2) is 11.5 Å². The highest BCUT2D eigenvalue weighted by Gasteiger charge is 2.44. The molecule has 3 N–H and O–H groups in total. The maximum atomic E-state index is 14.7. The van der Waals surface area contributed by atoms with Gasteiger partial charge >= 0.3 is 6.29 Å². The van der Waals surface area contributed by atoms with Gasteiger partial charge in [-0.1, -0.05) is 13.3 Å². The zero-order valence-electron chi connectivity index (χ0n) is 23.2. The Kier molecular flexibility index (Phi) is 7.07. The molecule has 2 aromatic heterocycles. The van der Waals surface area contributed by atoms with Crippen LogP contribution in [0.3, 0.4) is 0 Å². The standard InChI is InChI=1S/C31H27F3N4O5/c1-3-4-17(13-37-30(40)19-8-18-7-15(2)12-36-26(18)22(32)9-19)23-11-20-21(29(35)39)14-41-28(20)27(38-23)16-5-6-24-25(10-16)43-31(33,34)42-24/h5-12,17,21H,3-4,13-14H2,1-2H3,(H2,35,39)(H,37,40). The third-order valence-corrected chi connectivity index (χ3v) is 7.51. The number of pyridine rings is 2. The van der Waals surface area contributed by atoms with E-state index in [1.54, 1.807) is 30.5 Å². The van der Waals surface area contributed by atoms with E-state index < -0.39 is 29.8 Å². The van der Waals surface area contributed by atoms with Crippen molar-refractivity contribution in [1.82, 2.24) is 15.3 Å². The van der Waals surface area contributed by atoms with E-state index in [-0.39, 0.29) is 41.6 Å². The Morgan fingerprint density at radius 2 is 1.93 bits per heavy atom. The fourth-order valence-electron chi connectivity index (χ4n) is 5.44. The summed E-state index contributed by atoms with van der Waals surface area (Å²) in [6, 6.07) is 10.5. The minimum atomic E-state index is -3.79. The molecule has 0 saturated heterocycles. The van der Waals surface area contributed by atoms with Gasteiger partial charge in [-0.15, -0.1) is 8.78 Å². The SMILES string of the molecule is CCCC(CNC(=O)c1cc(F)c2ncc(C)cc2c1)c1cc2c(c(-c3ccc4c(c3)OC(F)(F)O4)n1)OCC2C(N)=O. The first-order valence-corrected chi connectivity index (χ1v) is 13.7. The van der Waals surface area contributed by atoms with Crippen LogP contribution in [0.1, 0.15) is 58.8 Å². The Morgan fingerprint density at radius 3 is 2.70 bits per heavy atom. The quantitative estimate of drug-likeness (QED) is 0.283. The minimum absolute atomic E-state index is 0.00244. The third kappa shape index (κ3) is 5.40. The Hall–Kier alpha value is -4.87. The van der Waals surface area contributed by atoms with Crippen molar-refractivity contribution in [3.8, 4) is 28.5 Å². The predicted octanol–water partition coefficient (Wildman–Crippen LogP) is 5.34. The maximum Gasteiger partial charge on any atom is 0.586 e. The van der Waals surface area contributed by atoms with E-state index in [2.05, 4.69) is 19.8 Å². The van der Waals surface area contributed by atoms with Crippen molar-refractivity contribution in [2.45, 2.75) is 44.8 Å². The molecule has 2 unspecified atom stereocenters. The van der Waals surface area contributed by atoms with Crippen molar-refractivity contribution in [1.29, 1.82) is 0 Å². The maximum absolute atomic E-state index is 14.7. The van der Waals surface area contributed by atoms with E-state index in [1.807, 2.05) is 13.8 Å². The van der Waals surface area contributed by atoms with Crippen molar-refractivity contribution in [2.24, 2.45) is 5.73 Å². The summed E-state index contributed by atoms with van der Waals surface area (Å²) in [6.07, 6.45) is -0.889. The van der Waals surface area contributed by atoms with Crippen molar-refractivity contribution < 1.29 is 37.0 Å². The Morgan fingerprint density at radius 1 is 1.14 bits per heavy atom. The average molecular weight is 593 g/mol. The second-order valence-electron chi connectivity index (χ2n) is 10.6. The van der Waals surface area contributed by atoms with Crippen molar-refractivity contribution in [3.05, 3.63) is 76.9 Å². The molecule has 2 aromatic carbocycles. The molecule has 43 heavy (non-hydrogen) atoms. The molecule has 0 spiro atoms. The molecule has 0 saturated carbocycles. The Bertz CT molecular complexity index is 1780. The van der Waals surface area contributed by atoms with E-state index >= 15 is 0 Å². The number of benzene rings is 2. The highest BCUT2D eigenvalue weighted by atomic mass is 19.3. The molecule has 0 bridgehead atoms. The molecule has 9 nitrogen and oxygen atoms in total. The smallest absolute Gasteiger partial charge is 0.490 e. The number of aromatic nitrogens is 2. The number of hydrogen-bond acceptors (Lipinski definition) is 7. The summed E-state index contributed by atoms with van der Waals surface area (Å²) in [4.78, 5) is 34.4. The van der Waals surface area contributed by atoms with E-state index in [0.717, 1.165) is 18.1 Å². The van der Waals surface area contributed by atoms with Crippen LogP contribution in [-0.2, 0) is 4.79 Å². The Balaban J connectivity index is 1.34. The zero-order chi connectivity index (χ0) is 30.5. The molecule has 2 aliphatic rings. The number of carbonyl (C=O) groups excluding carboxylic acids is 2. The zero-order valence-corrected chi connectivity index (χ0v) is 23.2. The predicted molar refractivity (Wildman–Crippen MR) is 150 cm³/mol. The molecule has 12 heteroatoms. The molecule has 2 aliphatic heterocycles. The van der Waals surface area contributed by atoms with E-state index in [4.69, 9.17) is 15.5 Å².